The third-order valence-corrected chi connectivity index (χ3v) is 3.59. The van der Waals surface area contributed by atoms with E-state index in [1.54, 1.807) is 0 Å². The normalized spacial score (nSPS) is 18.7. The maximum atomic E-state index is 12.1. The van der Waals surface area contributed by atoms with Gasteiger partial charge in [0.25, 0.3) is 5.91 Å². The Bertz CT molecular complexity index is 388. The zero-order valence-electron chi connectivity index (χ0n) is 10.5. The van der Waals surface area contributed by atoms with Crippen molar-refractivity contribution in [1.29, 1.82) is 0 Å². The second-order valence-corrected chi connectivity index (χ2v) is 5.27. The Morgan fingerprint density at radius 1 is 1.18 bits per heavy atom. The van der Waals surface area contributed by atoms with E-state index >= 15 is 0 Å². The van der Waals surface area contributed by atoms with Crippen LogP contribution >= 0.6 is 0 Å². The van der Waals surface area contributed by atoms with Crippen LogP contribution in [-0.4, -0.2) is 11.4 Å². The van der Waals surface area contributed by atoms with Gasteiger partial charge < -0.3 is 5.32 Å². The van der Waals surface area contributed by atoms with Crippen LogP contribution in [0.2, 0.25) is 0 Å². The van der Waals surface area contributed by atoms with Crippen LogP contribution in [0, 0.1) is 6.92 Å². The zero-order chi connectivity index (χ0) is 12.3. The molecule has 0 bridgehead atoms. The van der Waals surface area contributed by atoms with Crippen LogP contribution in [0.4, 0.5) is 0 Å². The molecule has 17 heavy (non-hydrogen) atoms. The molecule has 1 N–H and O–H groups in total. The Hall–Kier alpha value is -1.31. The quantitative estimate of drug-likeness (QED) is 0.829. The molecule has 0 aliphatic heterocycles. The molecular weight excluding hydrogens is 210 g/mol. The van der Waals surface area contributed by atoms with Crippen molar-refractivity contribution in [2.75, 3.05) is 0 Å². The Labute approximate surface area is 103 Å². The lowest BCUT2D eigenvalue weighted by Crippen LogP contribution is -2.47. The van der Waals surface area contributed by atoms with Crippen molar-refractivity contribution in [3.8, 4) is 0 Å². The molecule has 0 atom stereocenters. The number of benzene rings is 1. The van der Waals surface area contributed by atoms with Gasteiger partial charge in [0.15, 0.2) is 0 Å². The standard InChI is InChI=1S/C15H20NO/c1-12-6-8-13(9-7-12)14(17)16-15(2)10-4-3-5-11-15/h6-9H,1,3-5,10-11H2,2H3,(H,16,17). The van der Waals surface area contributed by atoms with E-state index in [0.29, 0.717) is 0 Å². The predicted octanol–water partition coefficient (Wildman–Crippen LogP) is 3.32. The van der Waals surface area contributed by atoms with Crippen LogP contribution in [-0.2, 0) is 0 Å². The molecule has 0 unspecified atom stereocenters. The van der Waals surface area contributed by atoms with Crippen LogP contribution in [0.25, 0.3) is 0 Å². The summed E-state index contributed by atoms with van der Waals surface area (Å²) < 4.78 is 0. The average Bonchev–Trinajstić information content (AvgIpc) is 2.30. The lowest BCUT2D eigenvalue weighted by Gasteiger charge is -2.34. The van der Waals surface area contributed by atoms with Crippen molar-refractivity contribution in [2.45, 2.75) is 44.6 Å². The molecule has 0 heterocycles. The number of hydrogen-bond acceptors (Lipinski definition) is 1. The predicted molar refractivity (Wildman–Crippen MR) is 69.9 cm³/mol. The van der Waals surface area contributed by atoms with Crippen LogP contribution < -0.4 is 5.32 Å². The molecule has 0 saturated heterocycles. The first kappa shape index (κ1) is 12.2. The first-order valence-corrected chi connectivity index (χ1v) is 6.34. The lowest BCUT2D eigenvalue weighted by atomic mass is 9.83. The fourth-order valence-electron chi connectivity index (χ4n) is 2.46. The minimum Gasteiger partial charge on any atom is -0.347 e. The van der Waals surface area contributed by atoms with Gasteiger partial charge in [-0.2, -0.15) is 0 Å². The monoisotopic (exact) mass is 230 g/mol. The minimum absolute atomic E-state index is 0.0154. The van der Waals surface area contributed by atoms with E-state index in [0.717, 1.165) is 24.0 Å². The summed E-state index contributed by atoms with van der Waals surface area (Å²) in [5.41, 5.74) is 1.65. The van der Waals surface area contributed by atoms with Crippen LogP contribution in [0.1, 0.15) is 54.9 Å². The van der Waals surface area contributed by atoms with E-state index in [4.69, 9.17) is 0 Å². The van der Waals surface area contributed by atoms with Gasteiger partial charge in [0.05, 0.1) is 0 Å². The number of nitrogens with one attached hydrogen (secondary N) is 1. The van der Waals surface area contributed by atoms with Crippen molar-refractivity contribution in [2.24, 2.45) is 0 Å². The summed E-state index contributed by atoms with van der Waals surface area (Å²) in [5, 5.41) is 3.17. The van der Waals surface area contributed by atoms with Gasteiger partial charge in [-0.15, -0.1) is 0 Å². The number of rotatable bonds is 2. The molecule has 91 valence electrons. The molecule has 1 amide bonds. The SMILES string of the molecule is [CH2]c1ccc(C(=O)NC2(C)CCCCC2)cc1. The van der Waals surface area contributed by atoms with E-state index in [-0.39, 0.29) is 11.4 Å². The third-order valence-electron chi connectivity index (χ3n) is 3.59. The number of hydrogen-bond donors (Lipinski definition) is 1. The summed E-state index contributed by atoms with van der Waals surface area (Å²) in [4.78, 5) is 12.1. The van der Waals surface area contributed by atoms with Crippen LogP contribution in [0.15, 0.2) is 24.3 Å². The summed E-state index contributed by atoms with van der Waals surface area (Å²) in [6, 6.07) is 7.42. The number of amides is 1. The second-order valence-electron chi connectivity index (χ2n) is 5.27. The molecule has 1 fully saturated rings. The lowest BCUT2D eigenvalue weighted by molar-refractivity contribution is 0.0882. The first-order chi connectivity index (χ1) is 8.09. The summed E-state index contributed by atoms with van der Waals surface area (Å²) in [6.45, 7) is 5.97. The fourth-order valence-corrected chi connectivity index (χ4v) is 2.46. The average molecular weight is 230 g/mol. The van der Waals surface area contributed by atoms with Crippen molar-refractivity contribution in [1.82, 2.24) is 5.32 Å². The Kier molecular flexibility index (Phi) is 3.51. The maximum absolute atomic E-state index is 12.1. The molecule has 2 heteroatoms. The van der Waals surface area contributed by atoms with Crippen molar-refractivity contribution in [3.05, 3.63) is 42.3 Å². The number of carbonyl (C=O) groups excluding carboxylic acids is 1. The molecule has 1 aliphatic rings. The third kappa shape index (κ3) is 3.09. The highest BCUT2D eigenvalue weighted by molar-refractivity contribution is 5.94. The van der Waals surface area contributed by atoms with E-state index in [1.807, 2.05) is 24.3 Å². The summed E-state index contributed by atoms with van der Waals surface area (Å²) in [7, 11) is 0. The van der Waals surface area contributed by atoms with Crippen molar-refractivity contribution >= 4 is 5.91 Å². The Morgan fingerprint density at radius 2 is 1.76 bits per heavy atom. The largest absolute Gasteiger partial charge is 0.347 e. The van der Waals surface area contributed by atoms with Gasteiger partial charge in [0, 0.05) is 11.1 Å². The molecule has 2 rings (SSSR count). The van der Waals surface area contributed by atoms with E-state index in [9.17, 15) is 4.79 Å². The van der Waals surface area contributed by atoms with Gasteiger partial charge >= 0.3 is 0 Å². The molecule has 1 saturated carbocycles. The second kappa shape index (κ2) is 4.91. The Balaban J connectivity index is 2.03. The molecule has 0 aromatic heterocycles. The van der Waals surface area contributed by atoms with E-state index in [2.05, 4.69) is 19.2 Å². The van der Waals surface area contributed by atoms with Crippen LogP contribution in [0.3, 0.4) is 0 Å². The van der Waals surface area contributed by atoms with Gasteiger partial charge in [-0.05, 0) is 44.4 Å². The first-order valence-electron chi connectivity index (χ1n) is 6.34. The summed E-state index contributed by atoms with van der Waals surface area (Å²) in [6.07, 6.45) is 5.91. The topological polar surface area (TPSA) is 29.1 Å². The van der Waals surface area contributed by atoms with E-state index < -0.39 is 0 Å². The molecular formula is C15H20NO. The molecule has 1 aromatic carbocycles. The molecule has 1 aliphatic carbocycles. The van der Waals surface area contributed by atoms with Gasteiger partial charge in [-0.25, -0.2) is 0 Å². The molecule has 1 radical (unpaired) electrons. The fraction of sp³-hybridized carbons (Fsp3) is 0.467. The molecule has 2 nitrogen and oxygen atoms in total. The van der Waals surface area contributed by atoms with Crippen molar-refractivity contribution < 1.29 is 4.79 Å². The van der Waals surface area contributed by atoms with Gasteiger partial charge in [-0.1, -0.05) is 31.4 Å². The molecule has 1 aromatic rings. The number of carbonyl (C=O) groups is 1. The van der Waals surface area contributed by atoms with Crippen LogP contribution in [0.5, 0.6) is 0 Å². The van der Waals surface area contributed by atoms with E-state index in [1.165, 1.54) is 19.3 Å². The maximum Gasteiger partial charge on any atom is 0.251 e. The Morgan fingerprint density at radius 3 is 2.35 bits per heavy atom. The highest BCUT2D eigenvalue weighted by Crippen LogP contribution is 2.27. The summed E-state index contributed by atoms with van der Waals surface area (Å²) >= 11 is 0. The smallest absolute Gasteiger partial charge is 0.251 e. The minimum atomic E-state index is -0.0154. The van der Waals surface area contributed by atoms with Crippen molar-refractivity contribution in [3.63, 3.8) is 0 Å². The van der Waals surface area contributed by atoms with Gasteiger partial charge in [0.1, 0.15) is 0 Å². The highest BCUT2D eigenvalue weighted by atomic mass is 16.1. The zero-order valence-corrected chi connectivity index (χ0v) is 10.5. The summed E-state index contributed by atoms with van der Waals surface area (Å²) in [5.74, 6) is 0.0365. The molecule has 0 spiro atoms. The van der Waals surface area contributed by atoms with Gasteiger partial charge in [-0.3, -0.25) is 4.79 Å². The highest BCUT2D eigenvalue weighted by Gasteiger charge is 2.28. The van der Waals surface area contributed by atoms with Gasteiger partial charge in [0.2, 0.25) is 0 Å².